The molecule has 0 saturated carbocycles. The maximum absolute atomic E-state index is 11.6. The van der Waals surface area contributed by atoms with Gasteiger partial charge in [0.05, 0.1) is 0 Å². The lowest BCUT2D eigenvalue weighted by Gasteiger charge is -2.07. The number of hydrogen-bond donors (Lipinski definition) is 1. The number of rotatable bonds is 5. The third kappa shape index (κ3) is 4.75. The van der Waals surface area contributed by atoms with E-state index in [2.05, 4.69) is 21.2 Å². The summed E-state index contributed by atoms with van der Waals surface area (Å²) in [6, 6.07) is 17.1. The molecule has 3 nitrogen and oxygen atoms in total. The summed E-state index contributed by atoms with van der Waals surface area (Å²) in [6.07, 6.45) is 0. The summed E-state index contributed by atoms with van der Waals surface area (Å²) in [4.78, 5) is 11.6. The zero-order chi connectivity index (χ0) is 13.5. The molecule has 1 amide bonds. The molecule has 2 aromatic rings. The van der Waals surface area contributed by atoms with Crippen molar-refractivity contribution in [3.05, 3.63) is 64.6 Å². The van der Waals surface area contributed by atoms with E-state index >= 15 is 0 Å². The van der Waals surface area contributed by atoms with Crippen molar-refractivity contribution in [2.45, 2.75) is 6.54 Å². The van der Waals surface area contributed by atoms with E-state index < -0.39 is 0 Å². The van der Waals surface area contributed by atoms with Crippen LogP contribution in [-0.2, 0) is 11.3 Å². The van der Waals surface area contributed by atoms with Crippen molar-refractivity contribution < 1.29 is 9.53 Å². The van der Waals surface area contributed by atoms with Crippen molar-refractivity contribution in [1.82, 2.24) is 5.32 Å². The minimum atomic E-state index is -0.133. The van der Waals surface area contributed by atoms with Crippen molar-refractivity contribution >= 4 is 21.8 Å². The minimum absolute atomic E-state index is 0.0283. The van der Waals surface area contributed by atoms with Gasteiger partial charge in [-0.2, -0.15) is 0 Å². The third-order valence-corrected chi connectivity index (χ3v) is 3.04. The molecule has 0 unspecified atom stereocenters. The molecule has 0 aliphatic rings. The average Bonchev–Trinajstić information content (AvgIpc) is 2.45. The lowest BCUT2D eigenvalue weighted by atomic mass is 10.2. The number of benzene rings is 2. The van der Waals surface area contributed by atoms with E-state index in [1.54, 1.807) is 0 Å². The number of amides is 1. The van der Waals surface area contributed by atoms with Gasteiger partial charge in [-0.3, -0.25) is 4.79 Å². The van der Waals surface area contributed by atoms with E-state index in [1.165, 1.54) is 0 Å². The van der Waals surface area contributed by atoms with Crippen LogP contribution in [0.25, 0.3) is 0 Å². The first-order valence-electron chi connectivity index (χ1n) is 5.93. The Morgan fingerprint density at radius 1 is 1.05 bits per heavy atom. The van der Waals surface area contributed by atoms with Gasteiger partial charge in [-0.25, -0.2) is 0 Å². The number of halogens is 1. The number of para-hydroxylation sites is 1. The standard InChI is InChI=1S/C15H14BrNO2/c16-13-8-6-12(7-9-13)10-17-15(18)11-19-14-4-2-1-3-5-14/h1-9H,10-11H2,(H,17,18). The summed E-state index contributed by atoms with van der Waals surface area (Å²) in [5, 5.41) is 2.81. The highest BCUT2D eigenvalue weighted by Crippen LogP contribution is 2.10. The summed E-state index contributed by atoms with van der Waals surface area (Å²) in [5.74, 6) is 0.563. The molecule has 1 N–H and O–H groups in total. The Morgan fingerprint density at radius 2 is 1.74 bits per heavy atom. The predicted octanol–water partition coefficient (Wildman–Crippen LogP) is 3.14. The number of hydrogen-bond acceptors (Lipinski definition) is 2. The molecule has 0 atom stereocenters. The van der Waals surface area contributed by atoms with Gasteiger partial charge >= 0.3 is 0 Å². The Bertz CT molecular complexity index is 526. The second kappa shape index (κ2) is 6.95. The van der Waals surface area contributed by atoms with Gasteiger partial charge < -0.3 is 10.1 Å². The molecule has 0 spiro atoms. The first kappa shape index (κ1) is 13.6. The topological polar surface area (TPSA) is 38.3 Å². The maximum Gasteiger partial charge on any atom is 0.258 e. The fourth-order valence-electron chi connectivity index (χ4n) is 1.52. The van der Waals surface area contributed by atoms with Gasteiger partial charge in [-0.15, -0.1) is 0 Å². The van der Waals surface area contributed by atoms with Crippen LogP contribution in [-0.4, -0.2) is 12.5 Å². The molecule has 2 aromatic carbocycles. The molecule has 0 aromatic heterocycles. The van der Waals surface area contributed by atoms with Gasteiger partial charge in [0.25, 0.3) is 5.91 Å². The molecule has 0 saturated heterocycles. The van der Waals surface area contributed by atoms with E-state index in [0.717, 1.165) is 10.0 Å². The highest BCUT2D eigenvalue weighted by atomic mass is 79.9. The molecule has 19 heavy (non-hydrogen) atoms. The second-order valence-electron chi connectivity index (χ2n) is 4.00. The predicted molar refractivity (Wildman–Crippen MR) is 77.9 cm³/mol. The van der Waals surface area contributed by atoms with Crippen LogP contribution in [0, 0.1) is 0 Å². The zero-order valence-corrected chi connectivity index (χ0v) is 11.9. The van der Waals surface area contributed by atoms with Crippen LogP contribution in [0.2, 0.25) is 0 Å². The highest BCUT2D eigenvalue weighted by molar-refractivity contribution is 9.10. The second-order valence-corrected chi connectivity index (χ2v) is 4.92. The number of carbonyl (C=O) groups excluding carboxylic acids is 1. The van der Waals surface area contributed by atoms with Gasteiger partial charge in [-0.1, -0.05) is 46.3 Å². The van der Waals surface area contributed by atoms with Gasteiger partial charge in [0.2, 0.25) is 0 Å². The fourth-order valence-corrected chi connectivity index (χ4v) is 1.78. The van der Waals surface area contributed by atoms with Crippen molar-refractivity contribution in [3.8, 4) is 5.75 Å². The monoisotopic (exact) mass is 319 g/mol. The Morgan fingerprint density at radius 3 is 2.42 bits per heavy atom. The molecule has 0 heterocycles. The molecule has 0 radical (unpaired) electrons. The van der Waals surface area contributed by atoms with Gasteiger partial charge in [0.15, 0.2) is 6.61 Å². The minimum Gasteiger partial charge on any atom is -0.484 e. The molecule has 0 fully saturated rings. The lowest BCUT2D eigenvalue weighted by molar-refractivity contribution is -0.123. The fraction of sp³-hybridized carbons (Fsp3) is 0.133. The Hall–Kier alpha value is -1.81. The van der Waals surface area contributed by atoms with Gasteiger partial charge in [0, 0.05) is 11.0 Å². The summed E-state index contributed by atoms with van der Waals surface area (Å²) < 4.78 is 6.38. The maximum atomic E-state index is 11.6. The summed E-state index contributed by atoms with van der Waals surface area (Å²) >= 11 is 3.37. The van der Waals surface area contributed by atoms with E-state index in [0.29, 0.717) is 12.3 Å². The van der Waals surface area contributed by atoms with E-state index in [1.807, 2.05) is 54.6 Å². The summed E-state index contributed by atoms with van der Waals surface area (Å²) in [5.41, 5.74) is 1.05. The number of carbonyl (C=O) groups is 1. The van der Waals surface area contributed by atoms with Crippen LogP contribution in [0.5, 0.6) is 5.75 Å². The van der Waals surface area contributed by atoms with Gasteiger partial charge in [0.1, 0.15) is 5.75 Å². The van der Waals surface area contributed by atoms with Crippen molar-refractivity contribution in [1.29, 1.82) is 0 Å². The van der Waals surface area contributed by atoms with Crippen LogP contribution in [0.4, 0.5) is 0 Å². The first-order chi connectivity index (χ1) is 9.24. The SMILES string of the molecule is O=C(COc1ccccc1)NCc1ccc(Br)cc1. The third-order valence-electron chi connectivity index (χ3n) is 2.52. The quantitative estimate of drug-likeness (QED) is 0.919. The molecule has 4 heteroatoms. The summed E-state index contributed by atoms with van der Waals surface area (Å²) in [6.45, 7) is 0.533. The Labute approximate surface area is 120 Å². The number of ether oxygens (including phenoxy) is 1. The van der Waals surface area contributed by atoms with Crippen molar-refractivity contribution in [2.24, 2.45) is 0 Å². The van der Waals surface area contributed by atoms with Gasteiger partial charge in [-0.05, 0) is 29.8 Å². The molecule has 0 bridgehead atoms. The molecule has 0 aliphatic carbocycles. The van der Waals surface area contributed by atoms with E-state index in [9.17, 15) is 4.79 Å². The Balaban J connectivity index is 1.74. The van der Waals surface area contributed by atoms with Crippen LogP contribution < -0.4 is 10.1 Å². The molecular weight excluding hydrogens is 306 g/mol. The molecule has 98 valence electrons. The van der Waals surface area contributed by atoms with Crippen molar-refractivity contribution in [2.75, 3.05) is 6.61 Å². The summed E-state index contributed by atoms with van der Waals surface area (Å²) in [7, 11) is 0. The van der Waals surface area contributed by atoms with Crippen LogP contribution in [0.3, 0.4) is 0 Å². The zero-order valence-electron chi connectivity index (χ0n) is 10.3. The molecular formula is C15H14BrNO2. The van der Waals surface area contributed by atoms with Crippen LogP contribution >= 0.6 is 15.9 Å². The van der Waals surface area contributed by atoms with E-state index in [4.69, 9.17) is 4.74 Å². The Kier molecular flexibility index (Phi) is 4.98. The number of nitrogens with one attached hydrogen (secondary N) is 1. The highest BCUT2D eigenvalue weighted by Gasteiger charge is 2.02. The lowest BCUT2D eigenvalue weighted by Crippen LogP contribution is -2.28. The largest absolute Gasteiger partial charge is 0.484 e. The normalized spacial score (nSPS) is 9.95. The molecule has 0 aliphatic heterocycles. The smallest absolute Gasteiger partial charge is 0.258 e. The first-order valence-corrected chi connectivity index (χ1v) is 6.72. The molecule has 2 rings (SSSR count). The van der Waals surface area contributed by atoms with Crippen molar-refractivity contribution in [3.63, 3.8) is 0 Å². The van der Waals surface area contributed by atoms with E-state index in [-0.39, 0.29) is 12.5 Å². The average molecular weight is 320 g/mol. The van der Waals surface area contributed by atoms with Crippen LogP contribution in [0.1, 0.15) is 5.56 Å². The van der Waals surface area contributed by atoms with Crippen LogP contribution in [0.15, 0.2) is 59.1 Å².